The number of primary amides is 1. The minimum Gasteiger partial charge on any atom is -0.394 e. The number of amides is 1. The summed E-state index contributed by atoms with van der Waals surface area (Å²) in [5.41, 5.74) is 5.15. The molecule has 9 heteroatoms. The van der Waals surface area contributed by atoms with Gasteiger partial charge in [-0.05, 0) is 13.8 Å². The van der Waals surface area contributed by atoms with Crippen molar-refractivity contribution in [2.75, 3.05) is 13.7 Å². The molecule has 0 spiro atoms. The van der Waals surface area contributed by atoms with Crippen LogP contribution in [0.15, 0.2) is 0 Å². The molecule has 124 valence electrons. The van der Waals surface area contributed by atoms with Crippen LogP contribution in [0, 0.1) is 0 Å². The highest BCUT2D eigenvalue weighted by atomic mass is 16.7. The Hall–Kier alpha value is -0.810. The first-order valence-corrected chi connectivity index (χ1v) is 6.67. The molecule has 1 aliphatic rings. The van der Waals surface area contributed by atoms with Crippen LogP contribution in [0.4, 0.5) is 0 Å². The van der Waals surface area contributed by atoms with E-state index >= 15 is 0 Å². The number of ether oxygens (including phenoxy) is 3. The Morgan fingerprint density at radius 3 is 2.52 bits per heavy atom. The van der Waals surface area contributed by atoms with E-state index in [1.165, 1.54) is 21.0 Å². The van der Waals surface area contributed by atoms with Gasteiger partial charge in [-0.1, -0.05) is 0 Å². The quantitative estimate of drug-likeness (QED) is 0.319. The number of rotatable bonds is 7. The smallest absolute Gasteiger partial charge is 0.246 e. The van der Waals surface area contributed by atoms with Crippen LogP contribution < -0.4 is 11.1 Å². The topological polar surface area (TPSA) is 144 Å². The Balaban J connectivity index is 2.97. The second kappa shape index (κ2) is 7.99. The van der Waals surface area contributed by atoms with Gasteiger partial charge in [0, 0.05) is 7.11 Å². The Kier molecular flexibility index (Phi) is 6.94. The maximum atomic E-state index is 11.1. The van der Waals surface area contributed by atoms with E-state index in [0.29, 0.717) is 0 Å². The van der Waals surface area contributed by atoms with E-state index in [2.05, 4.69) is 5.32 Å². The third-order valence-electron chi connectivity index (χ3n) is 3.28. The number of carbonyl (C=O) groups is 1. The summed E-state index contributed by atoms with van der Waals surface area (Å²) < 4.78 is 16.0. The van der Waals surface area contributed by atoms with E-state index in [-0.39, 0.29) is 0 Å². The molecule has 9 nitrogen and oxygen atoms in total. The van der Waals surface area contributed by atoms with Gasteiger partial charge in [-0.15, -0.1) is 0 Å². The zero-order chi connectivity index (χ0) is 16.2. The van der Waals surface area contributed by atoms with Gasteiger partial charge in [0.25, 0.3) is 0 Å². The number of carbonyl (C=O) groups excluding carboxylic acids is 1. The van der Waals surface area contributed by atoms with Crippen molar-refractivity contribution in [3.63, 3.8) is 0 Å². The fourth-order valence-corrected chi connectivity index (χ4v) is 2.19. The molecule has 1 amide bonds. The molecule has 0 aromatic heterocycles. The van der Waals surface area contributed by atoms with Crippen LogP contribution >= 0.6 is 0 Å². The van der Waals surface area contributed by atoms with Crippen molar-refractivity contribution in [3.05, 3.63) is 0 Å². The van der Waals surface area contributed by atoms with Gasteiger partial charge >= 0.3 is 0 Å². The standard InChI is InChI=1S/C12H24N2O7/c1-5(11(13)18)20-10-8(14-6(2)16)12(19-3)21-7(4-15)9(10)17/h5-10,12,14-17H,4H2,1-3H3,(H2,13,18)/t5-,6?,7-,8-,9-,10-,12-/m1/s1. The highest BCUT2D eigenvalue weighted by Gasteiger charge is 2.47. The number of aliphatic hydroxyl groups excluding tert-OH is 3. The molecule has 1 saturated heterocycles. The summed E-state index contributed by atoms with van der Waals surface area (Å²) in [6, 6.07) is -0.755. The van der Waals surface area contributed by atoms with E-state index in [1.54, 1.807) is 0 Å². The summed E-state index contributed by atoms with van der Waals surface area (Å²) in [6.07, 6.45) is -5.89. The molecule has 1 heterocycles. The number of hydrogen-bond acceptors (Lipinski definition) is 8. The van der Waals surface area contributed by atoms with Crippen molar-refractivity contribution in [2.45, 2.75) is 56.8 Å². The summed E-state index contributed by atoms with van der Waals surface area (Å²) >= 11 is 0. The number of aliphatic hydroxyl groups is 3. The van der Waals surface area contributed by atoms with Gasteiger partial charge in [0.15, 0.2) is 6.29 Å². The molecule has 0 radical (unpaired) electrons. The van der Waals surface area contributed by atoms with Gasteiger partial charge in [-0.3, -0.25) is 10.1 Å². The van der Waals surface area contributed by atoms with Crippen LogP contribution in [0.5, 0.6) is 0 Å². The summed E-state index contributed by atoms with van der Waals surface area (Å²) in [6.45, 7) is 2.47. The third kappa shape index (κ3) is 4.58. The molecule has 1 unspecified atom stereocenters. The van der Waals surface area contributed by atoms with Crippen molar-refractivity contribution >= 4 is 5.91 Å². The van der Waals surface area contributed by atoms with Gasteiger partial charge in [-0.25, -0.2) is 0 Å². The van der Waals surface area contributed by atoms with Gasteiger partial charge < -0.3 is 35.3 Å². The average Bonchev–Trinajstić information content (AvgIpc) is 2.42. The van der Waals surface area contributed by atoms with Crippen molar-refractivity contribution in [1.29, 1.82) is 0 Å². The lowest BCUT2D eigenvalue weighted by molar-refractivity contribution is -0.277. The Morgan fingerprint density at radius 1 is 1.48 bits per heavy atom. The molecular formula is C12H24N2O7. The van der Waals surface area contributed by atoms with Crippen LogP contribution in [0.3, 0.4) is 0 Å². The molecule has 7 atom stereocenters. The summed E-state index contributed by atoms with van der Waals surface area (Å²) in [4.78, 5) is 11.1. The van der Waals surface area contributed by atoms with Crippen molar-refractivity contribution < 1.29 is 34.3 Å². The third-order valence-corrected chi connectivity index (χ3v) is 3.28. The molecule has 0 aromatic rings. The van der Waals surface area contributed by atoms with Crippen molar-refractivity contribution in [3.8, 4) is 0 Å². The first kappa shape index (κ1) is 18.2. The van der Waals surface area contributed by atoms with Crippen LogP contribution in [0.1, 0.15) is 13.8 Å². The average molecular weight is 308 g/mol. The fraction of sp³-hybridized carbons (Fsp3) is 0.917. The molecule has 0 saturated carbocycles. The SMILES string of the molecule is CO[C@@H]1O[C@H](CO)[C@@H](O)[C@H](O[C@H](C)C(N)=O)[C@H]1NC(C)O. The van der Waals surface area contributed by atoms with Crippen LogP contribution in [-0.2, 0) is 19.0 Å². The Morgan fingerprint density at radius 2 is 2.10 bits per heavy atom. The maximum absolute atomic E-state index is 11.1. The molecular weight excluding hydrogens is 284 g/mol. The number of nitrogens with two attached hydrogens (primary N) is 1. The number of methoxy groups -OCH3 is 1. The van der Waals surface area contributed by atoms with E-state index < -0.39 is 55.5 Å². The molecule has 0 aromatic carbocycles. The summed E-state index contributed by atoms with van der Waals surface area (Å²) in [7, 11) is 1.38. The van der Waals surface area contributed by atoms with Crippen LogP contribution in [0.25, 0.3) is 0 Å². The zero-order valence-electron chi connectivity index (χ0n) is 12.3. The summed E-state index contributed by atoms with van der Waals surface area (Å²) in [5.74, 6) is -0.695. The first-order chi connectivity index (χ1) is 9.81. The molecule has 0 bridgehead atoms. The van der Waals surface area contributed by atoms with Gasteiger partial charge in [0.2, 0.25) is 5.91 Å². The molecule has 6 N–H and O–H groups in total. The normalized spacial score (nSPS) is 36.2. The number of hydrogen-bond donors (Lipinski definition) is 5. The van der Waals surface area contributed by atoms with Crippen LogP contribution in [-0.4, -0.2) is 77.9 Å². The predicted molar refractivity (Wildman–Crippen MR) is 70.9 cm³/mol. The van der Waals surface area contributed by atoms with E-state index in [0.717, 1.165) is 0 Å². The minimum atomic E-state index is -1.22. The second-order valence-electron chi connectivity index (χ2n) is 4.97. The Bertz CT molecular complexity index is 342. The maximum Gasteiger partial charge on any atom is 0.246 e. The lowest BCUT2D eigenvalue weighted by Gasteiger charge is -2.44. The van der Waals surface area contributed by atoms with E-state index in [1.807, 2.05) is 0 Å². The van der Waals surface area contributed by atoms with Gasteiger partial charge in [0.1, 0.15) is 30.6 Å². The molecule has 1 rings (SSSR count). The monoisotopic (exact) mass is 308 g/mol. The fourth-order valence-electron chi connectivity index (χ4n) is 2.19. The molecule has 1 aliphatic heterocycles. The van der Waals surface area contributed by atoms with Gasteiger partial charge in [-0.2, -0.15) is 0 Å². The highest BCUT2D eigenvalue weighted by molar-refractivity contribution is 5.78. The van der Waals surface area contributed by atoms with Crippen molar-refractivity contribution in [1.82, 2.24) is 5.32 Å². The van der Waals surface area contributed by atoms with E-state index in [9.17, 15) is 20.1 Å². The lowest BCUT2D eigenvalue weighted by Crippen LogP contribution is -2.66. The number of nitrogens with one attached hydrogen (secondary N) is 1. The lowest BCUT2D eigenvalue weighted by atomic mass is 9.96. The highest BCUT2D eigenvalue weighted by Crippen LogP contribution is 2.25. The van der Waals surface area contributed by atoms with E-state index in [4.69, 9.17) is 19.9 Å². The van der Waals surface area contributed by atoms with Crippen molar-refractivity contribution in [2.24, 2.45) is 5.73 Å². The van der Waals surface area contributed by atoms with Gasteiger partial charge in [0.05, 0.1) is 12.6 Å². The van der Waals surface area contributed by atoms with Crippen LogP contribution in [0.2, 0.25) is 0 Å². The molecule has 21 heavy (non-hydrogen) atoms. The Labute approximate surface area is 123 Å². The first-order valence-electron chi connectivity index (χ1n) is 6.67. The molecule has 0 aliphatic carbocycles. The summed E-state index contributed by atoms with van der Waals surface area (Å²) in [5, 5.41) is 31.7. The molecule has 1 fully saturated rings. The minimum absolute atomic E-state index is 0.451. The zero-order valence-corrected chi connectivity index (χ0v) is 12.3. The largest absolute Gasteiger partial charge is 0.394 e. The predicted octanol–water partition coefficient (Wildman–Crippen LogP) is -2.73. The second-order valence-corrected chi connectivity index (χ2v) is 4.97.